The molecule has 2 heterocycles. The number of fused-ring (bicyclic) bond motifs is 2. The van der Waals surface area contributed by atoms with Gasteiger partial charge < -0.3 is 29.6 Å². The second-order valence-electron chi connectivity index (χ2n) is 11.5. The summed E-state index contributed by atoms with van der Waals surface area (Å²) in [5.74, 6) is 1.54. The van der Waals surface area contributed by atoms with Gasteiger partial charge in [-0.25, -0.2) is 0 Å². The van der Waals surface area contributed by atoms with Crippen molar-refractivity contribution in [3.63, 3.8) is 0 Å². The number of hydrogen-bond donors (Lipinski definition) is 3. The number of nitrogens with one attached hydrogen (secondary N) is 2. The van der Waals surface area contributed by atoms with Gasteiger partial charge in [0.1, 0.15) is 17.6 Å². The molecule has 1 unspecified atom stereocenters. The van der Waals surface area contributed by atoms with Crippen LogP contribution in [-0.2, 0) is 16.0 Å². The van der Waals surface area contributed by atoms with Crippen LogP contribution in [0.1, 0.15) is 30.6 Å². The van der Waals surface area contributed by atoms with Crippen molar-refractivity contribution in [3.05, 3.63) is 84.1 Å². The number of aliphatic hydroxyl groups excluding tert-OH is 1. The number of carbonyl (C=O) groups excluding carboxylic acids is 1. The predicted octanol–water partition coefficient (Wildman–Crippen LogP) is 5.81. The molecule has 0 radical (unpaired) electrons. The number of aliphatic hydroxyl groups is 1. The molecule has 1 aliphatic rings. The number of methoxy groups -OCH3 is 2. The van der Waals surface area contributed by atoms with E-state index in [4.69, 9.17) is 14.2 Å². The Bertz CT molecular complexity index is 1500. The van der Waals surface area contributed by atoms with Crippen molar-refractivity contribution in [1.29, 1.82) is 0 Å². The SMILES string of the molecule is COc1ccc([Si](C)(C)C(CCO)[C@H]2Oc3ccc(NC(=O)Cc4c[nH]c5ccccc45)cc3[C@@H](OC)[C@@H]2C)cc1. The third-order valence-electron chi connectivity index (χ3n) is 8.74. The van der Waals surface area contributed by atoms with E-state index in [0.717, 1.165) is 33.5 Å². The molecule has 41 heavy (non-hydrogen) atoms. The monoisotopic (exact) mass is 572 g/mol. The first-order valence-electron chi connectivity index (χ1n) is 14.2. The number of amides is 1. The fourth-order valence-electron chi connectivity index (χ4n) is 6.42. The maximum absolute atomic E-state index is 13.0. The number of aromatic nitrogens is 1. The zero-order valence-corrected chi connectivity index (χ0v) is 25.4. The smallest absolute Gasteiger partial charge is 0.228 e. The van der Waals surface area contributed by atoms with Gasteiger partial charge in [-0.2, -0.15) is 0 Å². The molecule has 1 aromatic heterocycles. The van der Waals surface area contributed by atoms with Crippen molar-refractivity contribution >= 4 is 35.8 Å². The molecule has 3 N–H and O–H groups in total. The van der Waals surface area contributed by atoms with E-state index in [9.17, 15) is 9.90 Å². The van der Waals surface area contributed by atoms with Crippen molar-refractivity contribution in [2.75, 3.05) is 26.1 Å². The van der Waals surface area contributed by atoms with Gasteiger partial charge in [-0.1, -0.05) is 55.5 Å². The second kappa shape index (κ2) is 12.1. The van der Waals surface area contributed by atoms with Crippen LogP contribution >= 0.6 is 0 Å². The van der Waals surface area contributed by atoms with Crippen LogP contribution in [0.4, 0.5) is 5.69 Å². The molecule has 0 saturated carbocycles. The summed E-state index contributed by atoms with van der Waals surface area (Å²) in [5.41, 5.74) is 3.77. The van der Waals surface area contributed by atoms with Crippen LogP contribution in [0.25, 0.3) is 10.9 Å². The van der Waals surface area contributed by atoms with E-state index in [1.165, 1.54) is 5.19 Å². The largest absolute Gasteiger partial charge is 0.497 e. The number of ether oxygens (including phenoxy) is 3. The van der Waals surface area contributed by atoms with Crippen molar-refractivity contribution in [3.8, 4) is 11.5 Å². The number of benzene rings is 3. The normalized spacial score (nSPS) is 19.3. The molecule has 0 spiro atoms. The van der Waals surface area contributed by atoms with Crippen LogP contribution in [0.15, 0.2) is 72.9 Å². The summed E-state index contributed by atoms with van der Waals surface area (Å²) < 4.78 is 18.2. The zero-order valence-electron chi connectivity index (χ0n) is 24.4. The first kappa shape index (κ1) is 28.9. The summed E-state index contributed by atoms with van der Waals surface area (Å²) in [5, 5.41) is 15.5. The maximum Gasteiger partial charge on any atom is 0.228 e. The minimum absolute atomic E-state index is 0.0336. The van der Waals surface area contributed by atoms with Crippen LogP contribution < -0.4 is 20.0 Å². The van der Waals surface area contributed by atoms with Crippen LogP contribution in [0.5, 0.6) is 11.5 Å². The van der Waals surface area contributed by atoms with Crippen LogP contribution in [0, 0.1) is 5.92 Å². The minimum Gasteiger partial charge on any atom is -0.497 e. The number of para-hydroxylation sites is 1. The van der Waals surface area contributed by atoms with Crippen molar-refractivity contribution < 1.29 is 24.1 Å². The molecule has 0 fully saturated rings. The third-order valence-corrected chi connectivity index (χ3v) is 13.0. The molecule has 0 aliphatic carbocycles. The van der Waals surface area contributed by atoms with E-state index in [2.05, 4.69) is 42.5 Å². The fourth-order valence-corrected chi connectivity index (χ4v) is 9.92. The highest BCUT2D eigenvalue weighted by atomic mass is 28.3. The average molecular weight is 573 g/mol. The Morgan fingerprint density at radius 2 is 1.85 bits per heavy atom. The molecule has 4 atom stereocenters. The van der Waals surface area contributed by atoms with Gasteiger partial charge >= 0.3 is 0 Å². The molecule has 1 aliphatic heterocycles. The summed E-state index contributed by atoms with van der Waals surface area (Å²) in [7, 11) is 1.30. The maximum atomic E-state index is 13.0. The highest BCUT2D eigenvalue weighted by Gasteiger charge is 2.46. The third kappa shape index (κ3) is 5.77. The number of aromatic amines is 1. The van der Waals surface area contributed by atoms with Crippen LogP contribution in [-0.4, -0.2) is 51.0 Å². The van der Waals surface area contributed by atoms with E-state index >= 15 is 0 Å². The Labute approximate surface area is 242 Å². The van der Waals surface area contributed by atoms with Gasteiger partial charge in [-0.15, -0.1) is 0 Å². The lowest BCUT2D eigenvalue weighted by molar-refractivity contribution is -0.115. The molecule has 0 bridgehead atoms. The second-order valence-corrected chi connectivity index (χ2v) is 16.3. The Hall–Kier alpha value is -3.59. The standard InChI is InChI=1S/C33H40N2O5Si/c1-21-32(39-3)27-19-23(35-31(37)18-22-20-34-28-9-7-6-8-26(22)28)10-15-29(27)40-33(21)30(16-17-36)41(4,5)25-13-11-24(38-2)12-14-25/h6-15,19-21,30,32-34,36H,16-18H2,1-5H3,(H,35,37)/t21-,30?,32-,33-/m0/s1. The quantitative estimate of drug-likeness (QED) is 0.209. The number of hydrogen-bond acceptors (Lipinski definition) is 5. The topological polar surface area (TPSA) is 92.8 Å². The van der Waals surface area contributed by atoms with Gasteiger partial charge in [0.05, 0.1) is 27.7 Å². The number of carbonyl (C=O) groups is 1. The lowest BCUT2D eigenvalue weighted by Crippen LogP contribution is -2.54. The molecule has 8 heteroatoms. The summed E-state index contributed by atoms with van der Waals surface area (Å²) in [4.78, 5) is 16.2. The van der Waals surface area contributed by atoms with Crippen molar-refractivity contribution in [2.24, 2.45) is 5.92 Å². The van der Waals surface area contributed by atoms with Crippen molar-refractivity contribution in [2.45, 2.75) is 50.6 Å². The molecule has 3 aromatic carbocycles. The summed E-state index contributed by atoms with van der Waals surface area (Å²) >= 11 is 0. The Morgan fingerprint density at radius 3 is 2.56 bits per heavy atom. The molecular formula is C33H40N2O5Si. The average Bonchev–Trinajstić information content (AvgIpc) is 3.38. The highest BCUT2D eigenvalue weighted by molar-refractivity contribution is 6.91. The molecular weight excluding hydrogens is 532 g/mol. The Balaban J connectivity index is 1.38. The lowest BCUT2D eigenvalue weighted by atomic mass is 9.86. The minimum atomic E-state index is -2.10. The lowest BCUT2D eigenvalue weighted by Gasteiger charge is -2.45. The highest BCUT2D eigenvalue weighted by Crippen LogP contribution is 2.47. The van der Waals surface area contributed by atoms with Gasteiger partial charge in [0.15, 0.2) is 0 Å². The summed E-state index contributed by atoms with van der Waals surface area (Å²) in [6.45, 7) is 6.94. The molecule has 5 rings (SSSR count). The number of H-pyrrole nitrogens is 1. The van der Waals surface area contributed by atoms with Gasteiger partial charge in [-0.05, 0) is 53.9 Å². The van der Waals surface area contributed by atoms with E-state index in [1.54, 1.807) is 14.2 Å². The van der Waals surface area contributed by atoms with E-state index < -0.39 is 8.07 Å². The van der Waals surface area contributed by atoms with Crippen molar-refractivity contribution in [1.82, 2.24) is 4.98 Å². The summed E-state index contributed by atoms with van der Waals surface area (Å²) in [6.07, 6.45) is 2.47. The van der Waals surface area contributed by atoms with Crippen LogP contribution in [0.2, 0.25) is 18.6 Å². The zero-order chi connectivity index (χ0) is 29.1. The van der Waals surface area contributed by atoms with E-state index in [1.807, 2.05) is 60.8 Å². The predicted molar refractivity (Wildman–Crippen MR) is 166 cm³/mol. The van der Waals surface area contributed by atoms with Gasteiger partial charge in [0.25, 0.3) is 0 Å². The molecule has 1 amide bonds. The first-order valence-corrected chi connectivity index (χ1v) is 17.3. The number of rotatable bonds is 10. The fraction of sp³-hybridized carbons (Fsp3) is 0.364. The van der Waals surface area contributed by atoms with Gasteiger partial charge in [-0.3, -0.25) is 4.79 Å². The molecule has 7 nitrogen and oxygen atoms in total. The molecule has 4 aromatic rings. The molecule has 216 valence electrons. The molecule has 0 saturated heterocycles. The Morgan fingerprint density at radius 1 is 1.10 bits per heavy atom. The van der Waals surface area contributed by atoms with E-state index in [0.29, 0.717) is 12.1 Å². The van der Waals surface area contributed by atoms with Gasteiger partial charge in [0, 0.05) is 48.0 Å². The number of anilines is 1. The van der Waals surface area contributed by atoms with Crippen LogP contribution in [0.3, 0.4) is 0 Å². The first-order chi connectivity index (χ1) is 19.8. The van der Waals surface area contributed by atoms with Gasteiger partial charge in [0.2, 0.25) is 5.91 Å². The summed E-state index contributed by atoms with van der Waals surface area (Å²) in [6, 6.07) is 22.1. The Kier molecular flexibility index (Phi) is 8.54. The van der Waals surface area contributed by atoms with E-state index in [-0.39, 0.29) is 42.6 Å².